The summed E-state index contributed by atoms with van der Waals surface area (Å²) in [5, 5.41) is 11.9. The van der Waals surface area contributed by atoms with E-state index in [1.165, 1.54) is 0 Å². The molecule has 2 amide bonds. The predicted octanol–water partition coefficient (Wildman–Crippen LogP) is 3.40. The van der Waals surface area contributed by atoms with Gasteiger partial charge in [0.25, 0.3) is 0 Å². The molecule has 1 heterocycles. The van der Waals surface area contributed by atoms with E-state index < -0.39 is 30.4 Å². The lowest BCUT2D eigenvalue weighted by Gasteiger charge is -2.37. The maximum atomic E-state index is 13.2. The SMILES string of the molecule is COCC1CCCCN1C(=O)C(CC(=O)O)NC(=O)OCC1c2ccccc2-c2ccccc21. The molecular formula is C26H30N2O6. The Morgan fingerprint density at radius 2 is 1.68 bits per heavy atom. The molecule has 0 radical (unpaired) electrons. The first kappa shape index (κ1) is 23.8. The molecule has 1 saturated heterocycles. The number of amides is 2. The van der Waals surface area contributed by atoms with E-state index in [1.54, 1.807) is 12.0 Å². The maximum absolute atomic E-state index is 13.2. The number of carboxylic acid groups (broad SMARTS) is 1. The van der Waals surface area contributed by atoms with Crippen LogP contribution in [-0.2, 0) is 19.1 Å². The summed E-state index contributed by atoms with van der Waals surface area (Å²) in [5.74, 6) is -1.71. The van der Waals surface area contributed by atoms with Gasteiger partial charge in [-0.25, -0.2) is 4.79 Å². The second kappa shape index (κ2) is 10.7. The van der Waals surface area contributed by atoms with Gasteiger partial charge < -0.3 is 24.8 Å². The highest BCUT2D eigenvalue weighted by Crippen LogP contribution is 2.44. The molecule has 34 heavy (non-hydrogen) atoms. The summed E-state index contributed by atoms with van der Waals surface area (Å²) in [6.45, 7) is 0.968. The number of carboxylic acids is 1. The van der Waals surface area contributed by atoms with Crippen LogP contribution in [0.2, 0.25) is 0 Å². The van der Waals surface area contributed by atoms with Crippen molar-refractivity contribution in [2.75, 3.05) is 26.9 Å². The predicted molar refractivity (Wildman–Crippen MR) is 125 cm³/mol. The number of likely N-dealkylation sites (tertiary alicyclic amines) is 1. The van der Waals surface area contributed by atoms with Crippen molar-refractivity contribution in [2.45, 2.75) is 43.7 Å². The van der Waals surface area contributed by atoms with E-state index in [9.17, 15) is 19.5 Å². The van der Waals surface area contributed by atoms with Crippen LogP contribution in [-0.4, -0.2) is 66.9 Å². The Bertz CT molecular complexity index is 1010. The number of nitrogens with zero attached hydrogens (tertiary/aromatic N) is 1. The van der Waals surface area contributed by atoms with Gasteiger partial charge in [0.15, 0.2) is 0 Å². The monoisotopic (exact) mass is 466 g/mol. The van der Waals surface area contributed by atoms with Crippen molar-refractivity contribution >= 4 is 18.0 Å². The van der Waals surface area contributed by atoms with Crippen LogP contribution < -0.4 is 5.32 Å². The average molecular weight is 467 g/mol. The van der Waals surface area contributed by atoms with Crippen molar-refractivity contribution in [3.05, 3.63) is 59.7 Å². The first-order chi connectivity index (χ1) is 16.5. The minimum absolute atomic E-state index is 0.0872. The minimum atomic E-state index is -1.20. The normalized spacial score (nSPS) is 18.0. The summed E-state index contributed by atoms with van der Waals surface area (Å²) < 4.78 is 10.8. The van der Waals surface area contributed by atoms with Crippen LogP contribution in [0.3, 0.4) is 0 Å². The lowest BCUT2D eigenvalue weighted by molar-refractivity contribution is -0.145. The van der Waals surface area contributed by atoms with Gasteiger partial charge in [-0.05, 0) is 41.5 Å². The average Bonchev–Trinajstić information content (AvgIpc) is 3.16. The first-order valence-corrected chi connectivity index (χ1v) is 11.6. The Balaban J connectivity index is 1.44. The number of carbonyl (C=O) groups excluding carboxylic acids is 2. The smallest absolute Gasteiger partial charge is 0.407 e. The molecule has 0 spiro atoms. The van der Waals surface area contributed by atoms with Gasteiger partial charge in [0, 0.05) is 19.6 Å². The van der Waals surface area contributed by atoms with Crippen molar-refractivity contribution in [3.63, 3.8) is 0 Å². The third-order valence-corrected chi connectivity index (χ3v) is 6.58. The molecule has 8 nitrogen and oxygen atoms in total. The molecule has 2 N–H and O–H groups in total. The van der Waals surface area contributed by atoms with E-state index in [1.807, 2.05) is 48.5 Å². The van der Waals surface area contributed by atoms with Gasteiger partial charge in [0.1, 0.15) is 12.6 Å². The van der Waals surface area contributed by atoms with E-state index in [4.69, 9.17) is 9.47 Å². The lowest BCUT2D eigenvalue weighted by atomic mass is 9.98. The number of nitrogens with one attached hydrogen (secondary N) is 1. The number of hydrogen-bond donors (Lipinski definition) is 2. The fourth-order valence-electron chi connectivity index (χ4n) is 5.01. The molecule has 1 aliphatic heterocycles. The molecule has 180 valence electrons. The Hall–Kier alpha value is -3.39. The van der Waals surface area contributed by atoms with Crippen molar-refractivity contribution in [3.8, 4) is 11.1 Å². The zero-order valence-corrected chi connectivity index (χ0v) is 19.2. The second-order valence-corrected chi connectivity index (χ2v) is 8.76. The van der Waals surface area contributed by atoms with Gasteiger partial charge in [-0.2, -0.15) is 0 Å². The Morgan fingerprint density at radius 1 is 1.03 bits per heavy atom. The number of fused-ring (bicyclic) bond motifs is 3. The number of piperidine rings is 1. The van der Waals surface area contributed by atoms with E-state index in [-0.39, 0.29) is 18.6 Å². The van der Waals surface area contributed by atoms with Crippen LogP contribution >= 0.6 is 0 Å². The van der Waals surface area contributed by atoms with Crippen molar-refractivity contribution in [1.82, 2.24) is 10.2 Å². The third-order valence-electron chi connectivity index (χ3n) is 6.58. The fraction of sp³-hybridized carbons (Fsp3) is 0.423. The molecule has 2 unspecified atom stereocenters. The molecule has 2 aromatic rings. The molecule has 8 heteroatoms. The van der Waals surface area contributed by atoms with Gasteiger partial charge >= 0.3 is 12.1 Å². The zero-order valence-electron chi connectivity index (χ0n) is 19.2. The molecule has 0 saturated carbocycles. The van der Waals surface area contributed by atoms with Crippen molar-refractivity contribution < 1.29 is 29.0 Å². The quantitative estimate of drug-likeness (QED) is 0.618. The summed E-state index contributed by atoms with van der Waals surface area (Å²) >= 11 is 0. The van der Waals surface area contributed by atoms with E-state index in [0.29, 0.717) is 13.2 Å². The lowest BCUT2D eigenvalue weighted by Crippen LogP contribution is -2.55. The molecule has 2 atom stereocenters. The molecule has 2 aliphatic rings. The van der Waals surface area contributed by atoms with Crippen molar-refractivity contribution in [2.24, 2.45) is 0 Å². The number of alkyl carbamates (subject to hydrolysis) is 1. The van der Waals surface area contributed by atoms with Crippen LogP contribution in [0, 0.1) is 0 Å². The maximum Gasteiger partial charge on any atom is 0.407 e. The highest BCUT2D eigenvalue weighted by atomic mass is 16.5. The number of benzene rings is 2. The summed E-state index contributed by atoms with van der Waals surface area (Å²) in [6, 6.07) is 14.7. The molecular weight excluding hydrogens is 436 g/mol. The van der Waals surface area contributed by atoms with E-state index in [0.717, 1.165) is 41.5 Å². The number of aliphatic carboxylic acids is 1. The fourth-order valence-corrected chi connectivity index (χ4v) is 5.01. The molecule has 2 aromatic carbocycles. The van der Waals surface area contributed by atoms with Crippen LogP contribution in [0.4, 0.5) is 4.79 Å². The number of hydrogen-bond acceptors (Lipinski definition) is 5. The van der Waals surface area contributed by atoms with E-state index in [2.05, 4.69) is 5.32 Å². The number of ether oxygens (including phenoxy) is 2. The Labute approximate surface area is 198 Å². The van der Waals surface area contributed by atoms with Crippen LogP contribution in [0.1, 0.15) is 42.7 Å². The Kier molecular flexibility index (Phi) is 7.47. The summed E-state index contributed by atoms with van der Waals surface area (Å²) in [5.41, 5.74) is 4.37. The minimum Gasteiger partial charge on any atom is -0.481 e. The van der Waals surface area contributed by atoms with E-state index >= 15 is 0 Å². The van der Waals surface area contributed by atoms with Gasteiger partial charge in [-0.3, -0.25) is 9.59 Å². The molecule has 4 rings (SSSR count). The number of rotatable bonds is 8. The standard InChI is InChI=1S/C26H30N2O6/c1-33-15-17-8-6-7-13-28(17)25(31)23(14-24(29)30)27-26(32)34-16-22-20-11-4-2-9-18(20)19-10-3-5-12-21(19)22/h2-5,9-12,17,22-23H,6-8,13-16H2,1H3,(H,27,32)(H,29,30). The summed E-state index contributed by atoms with van der Waals surface area (Å²) in [7, 11) is 1.57. The second-order valence-electron chi connectivity index (χ2n) is 8.76. The van der Waals surface area contributed by atoms with Crippen molar-refractivity contribution in [1.29, 1.82) is 0 Å². The van der Waals surface area contributed by atoms with Gasteiger partial charge in [-0.1, -0.05) is 48.5 Å². The molecule has 1 fully saturated rings. The summed E-state index contributed by atoms with van der Waals surface area (Å²) in [4.78, 5) is 38.9. The number of methoxy groups -OCH3 is 1. The molecule has 0 aromatic heterocycles. The highest BCUT2D eigenvalue weighted by Gasteiger charge is 2.35. The van der Waals surface area contributed by atoms with Gasteiger partial charge in [0.05, 0.1) is 19.1 Å². The topological polar surface area (TPSA) is 105 Å². The van der Waals surface area contributed by atoms with Gasteiger partial charge in [-0.15, -0.1) is 0 Å². The Morgan fingerprint density at radius 3 is 2.29 bits per heavy atom. The van der Waals surface area contributed by atoms with Crippen LogP contribution in [0.5, 0.6) is 0 Å². The number of carbonyl (C=O) groups is 3. The van der Waals surface area contributed by atoms with Crippen LogP contribution in [0.25, 0.3) is 11.1 Å². The molecule has 0 bridgehead atoms. The highest BCUT2D eigenvalue weighted by molar-refractivity contribution is 5.89. The van der Waals surface area contributed by atoms with Gasteiger partial charge in [0.2, 0.25) is 5.91 Å². The molecule has 1 aliphatic carbocycles. The summed E-state index contributed by atoms with van der Waals surface area (Å²) in [6.07, 6.45) is 1.27. The third kappa shape index (κ3) is 5.07. The first-order valence-electron chi connectivity index (χ1n) is 11.6. The largest absolute Gasteiger partial charge is 0.481 e. The zero-order chi connectivity index (χ0) is 24.1. The van der Waals surface area contributed by atoms with Crippen LogP contribution in [0.15, 0.2) is 48.5 Å².